The van der Waals surface area contributed by atoms with Crippen LogP contribution in [0.2, 0.25) is 0 Å². The van der Waals surface area contributed by atoms with Crippen molar-refractivity contribution in [3.05, 3.63) is 29.8 Å². The van der Waals surface area contributed by atoms with Crippen LogP contribution < -0.4 is 10.1 Å². The average molecular weight is 364 g/mol. The molecular weight excluding hydrogens is 326 g/mol. The van der Waals surface area contributed by atoms with Crippen molar-refractivity contribution in [2.24, 2.45) is 0 Å². The molecule has 1 aromatic carbocycles. The largest absolute Gasteiger partial charge is 0.488 e. The predicted octanol–water partition coefficient (Wildman–Crippen LogP) is 5.36. The monoisotopic (exact) mass is 363 g/mol. The molecule has 1 aromatic rings. The molecule has 1 N–H and O–H groups in total. The predicted molar refractivity (Wildman–Crippen MR) is 108 cm³/mol. The van der Waals surface area contributed by atoms with Crippen molar-refractivity contribution >= 4 is 5.91 Å². The van der Waals surface area contributed by atoms with Crippen LogP contribution in [0.1, 0.15) is 85.0 Å². The van der Waals surface area contributed by atoms with E-state index in [1.807, 2.05) is 45.0 Å². The lowest BCUT2D eigenvalue weighted by Gasteiger charge is -2.32. The number of benzene rings is 1. The van der Waals surface area contributed by atoms with Gasteiger partial charge in [0, 0.05) is 17.5 Å². The fourth-order valence-corrected chi connectivity index (χ4v) is 2.32. The first-order valence-corrected chi connectivity index (χ1v) is 9.65. The van der Waals surface area contributed by atoms with E-state index >= 15 is 0 Å². The van der Waals surface area contributed by atoms with Crippen LogP contribution in [0.5, 0.6) is 5.75 Å². The zero-order chi connectivity index (χ0) is 20.0. The van der Waals surface area contributed by atoms with Crippen LogP contribution in [0.25, 0.3) is 0 Å². The number of carbonyl (C=O) groups is 1. The second kappa shape index (κ2) is 8.90. The minimum atomic E-state index is -0.293. The number of hydrogen-bond acceptors (Lipinski definition) is 3. The van der Waals surface area contributed by atoms with E-state index in [0.29, 0.717) is 12.2 Å². The van der Waals surface area contributed by atoms with E-state index in [0.717, 1.165) is 25.0 Å². The summed E-state index contributed by atoms with van der Waals surface area (Å²) in [7, 11) is 0. The van der Waals surface area contributed by atoms with Crippen molar-refractivity contribution < 1.29 is 14.3 Å². The lowest BCUT2D eigenvalue weighted by Crippen LogP contribution is -2.40. The SMILES string of the molecule is CCC(C)(C)OCCC(C)(CC)Oc1ccc(C(=O)NC(C)(C)C)cc1. The molecule has 0 spiro atoms. The van der Waals surface area contributed by atoms with Crippen LogP contribution in [0, 0.1) is 0 Å². The molecule has 0 bridgehead atoms. The maximum Gasteiger partial charge on any atom is 0.251 e. The second-order valence-electron chi connectivity index (χ2n) is 8.85. The molecule has 0 saturated heterocycles. The fraction of sp³-hybridized carbons (Fsp3) is 0.682. The van der Waals surface area contributed by atoms with Gasteiger partial charge < -0.3 is 14.8 Å². The molecule has 0 radical (unpaired) electrons. The Bertz CT molecular complexity index is 572. The fourth-order valence-electron chi connectivity index (χ4n) is 2.32. The molecule has 0 aliphatic carbocycles. The van der Waals surface area contributed by atoms with E-state index in [-0.39, 0.29) is 22.6 Å². The molecule has 0 saturated carbocycles. The highest BCUT2D eigenvalue weighted by Gasteiger charge is 2.26. The van der Waals surface area contributed by atoms with Gasteiger partial charge in [-0.05, 0) is 78.6 Å². The van der Waals surface area contributed by atoms with Gasteiger partial charge in [0.1, 0.15) is 11.4 Å². The van der Waals surface area contributed by atoms with Crippen molar-refractivity contribution in [2.75, 3.05) is 6.61 Å². The Morgan fingerprint density at radius 2 is 1.54 bits per heavy atom. The van der Waals surface area contributed by atoms with Crippen molar-refractivity contribution in [2.45, 2.75) is 91.4 Å². The standard InChI is InChI=1S/C22H37NO3/c1-9-21(6,7)25-16-15-22(8,10-2)26-18-13-11-17(12-14-18)19(24)23-20(3,4)5/h11-14H,9-10,15-16H2,1-8H3,(H,23,24). The summed E-state index contributed by atoms with van der Waals surface area (Å²) < 4.78 is 12.2. The molecule has 0 fully saturated rings. The number of amides is 1. The van der Waals surface area contributed by atoms with Crippen molar-refractivity contribution in [1.82, 2.24) is 5.32 Å². The molecule has 1 atom stereocenters. The highest BCUT2D eigenvalue weighted by Crippen LogP contribution is 2.26. The Morgan fingerprint density at radius 1 is 0.962 bits per heavy atom. The number of hydrogen-bond donors (Lipinski definition) is 1. The summed E-state index contributed by atoms with van der Waals surface area (Å²) in [4.78, 5) is 12.2. The van der Waals surface area contributed by atoms with Gasteiger partial charge in [-0.2, -0.15) is 0 Å². The van der Waals surface area contributed by atoms with Crippen LogP contribution in [0.3, 0.4) is 0 Å². The Morgan fingerprint density at radius 3 is 2.00 bits per heavy atom. The van der Waals surface area contributed by atoms with Gasteiger partial charge in [0.15, 0.2) is 0 Å². The van der Waals surface area contributed by atoms with Gasteiger partial charge in [0.05, 0.1) is 12.2 Å². The third kappa shape index (κ3) is 7.77. The minimum absolute atomic E-state index is 0.0718. The summed E-state index contributed by atoms with van der Waals surface area (Å²) in [5.74, 6) is 0.703. The molecule has 26 heavy (non-hydrogen) atoms. The van der Waals surface area contributed by atoms with E-state index in [4.69, 9.17) is 9.47 Å². The quantitative estimate of drug-likeness (QED) is 0.642. The number of nitrogens with one attached hydrogen (secondary N) is 1. The summed E-state index contributed by atoms with van der Waals surface area (Å²) in [6.45, 7) is 17.2. The Kier molecular flexibility index (Phi) is 7.70. The molecule has 0 aliphatic rings. The summed E-state index contributed by atoms with van der Waals surface area (Å²) >= 11 is 0. The summed E-state index contributed by atoms with van der Waals surface area (Å²) in [5.41, 5.74) is -0.00632. The third-order valence-corrected chi connectivity index (χ3v) is 4.69. The number of carbonyl (C=O) groups excluding carboxylic acids is 1. The van der Waals surface area contributed by atoms with Crippen LogP contribution in [-0.2, 0) is 4.74 Å². The van der Waals surface area contributed by atoms with E-state index in [1.165, 1.54) is 0 Å². The maximum absolute atomic E-state index is 12.2. The minimum Gasteiger partial charge on any atom is -0.488 e. The Hall–Kier alpha value is -1.55. The van der Waals surface area contributed by atoms with Crippen LogP contribution in [-0.4, -0.2) is 29.3 Å². The maximum atomic E-state index is 12.2. The lowest BCUT2D eigenvalue weighted by molar-refractivity contribution is -0.0465. The van der Waals surface area contributed by atoms with Crippen LogP contribution in [0.15, 0.2) is 24.3 Å². The van der Waals surface area contributed by atoms with Gasteiger partial charge >= 0.3 is 0 Å². The van der Waals surface area contributed by atoms with E-state index in [1.54, 1.807) is 0 Å². The van der Waals surface area contributed by atoms with Crippen LogP contribution in [0.4, 0.5) is 0 Å². The molecule has 4 nitrogen and oxygen atoms in total. The van der Waals surface area contributed by atoms with Crippen LogP contribution >= 0.6 is 0 Å². The first kappa shape index (κ1) is 22.5. The molecule has 0 aliphatic heterocycles. The molecule has 1 rings (SSSR count). The van der Waals surface area contributed by atoms with Crippen molar-refractivity contribution in [3.63, 3.8) is 0 Å². The summed E-state index contributed by atoms with van der Waals surface area (Å²) in [6, 6.07) is 7.34. The molecule has 148 valence electrons. The van der Waals surface area contributed by atoms with E-state index < -0.39 is 0 Å². The van der Waals surface area contributed by atoms with Crippen molar-refractivity contribution in [1.29, 1.82) is 0 Å². The van der Waals surface area contributed by atoms with Gasteiger partial charge in [-0.1, -0.05) is 13.8 Å². The Balaban J connectivity index is 2.68. The van der Waals surface area contributed by atoms with E-state index in [9.17, 15) is 4.79 Å². The summed E-state index contributed by atoms with van der Waals surface area (Å²) in [5, 5.41) is 2.97. The second-order valence-corrected chi connectivity index (χ2v) is 8.85. The number of rotatable bonds is 9. The molecule has 4 heteroatoms. The zero-order valence-electron chi connectivity index (χ0n) is 17.9. The molecule has 0 aromatic heterocycles. The van der Waals surface area contributed by atoms with E-state index in [2.05, 4.69) is 39.9 Å². The Labute approximate surface area is 159 Å². The smallest absolute Gasteiger partial charge is 0.251 e. The average Bonchev–Trinajstić information content (AvgIpc) is 2.53. The zero-order valence-corrected chi connectivity index (χ0v) is 17.9. The first-order valence-electron chi connectivity index (χ1n) is 9.65. The highest BCUT2D eigenvalue weighted by atomic mass is 16.5. The van der Waals surface area contributed by atoms with Gasteiger partial charge in [-0.15, -0.1) is 0 Å². The highest BCUT2D eigenvalue weighted by molar-refractivity contribution is 5.94. The normalized spacial score (nSPS) is 14.6. The molecular formula is C22H37NO3. The first-order chi connectivity index (χ1) is 11.9. The van der Waals surface area contributed by atoms with Crippen molar-refractivity contribution in [3.8, 4) is 5.75 Å². The topological polar surface area (TPSA) is 47.6 Å². The van der Waals surface area contributed by atoms with Gasteiger partial charge in [-0.3, -0.25) is 4.79 Å². The summed E-state index contributed by atoms with van der Waals surface area (Å²) in [6.07, 6.45) is 2.68. The van der Waals surface area contributed by atoms with Gasteiger partial charge in [-0.25, -0.2) is 0 Å². The van der Waals surface area contributed by atoms with Gasteiger partial charge in [0.25, 0.3) is 5.91 Å². The van der Waals surface area contributed by atoms with Gasteiger partial charge in [0.2, 0.25) is 0 Å². The molecule has 0 heterocycles. The number of ether oxygens (including phenoxy) is 2. The lowest BCUT2D eigenvalue weighted by atomic mass is 9.98. The molecule has 1 amide bonds. The third-order valence-electron chi connectivity index (χ3n) is 4.69. The molecule has 1 unspecified atom stereocenters.